The summed E-state index contributed by atoms with van der Waals surface area (Å²) in [6, 6.07) is 0.595. The Kier molecular flexibility index (Phi) is 3.96. The first-order valence-corrected chi connectivity index (χ1v) is 4.73. The van der Waals surface area contributed by atoms with Crippen LogP contribution in [0.15, 0.2) is 12.7 Å². The minimum atomic E-state index is -0.319. The summed E-state index contributed by atoms with van der Waals surface area (Å²) in [5.41, 5.74) is 0. The average Bonchev–Trinajstić information content (AvgIpc) is 2.52. The van der Waals surface area contributed by atoms with E-state index in [1.54, 1.807) is 0 Å². The molecule has 0 aliphatic carbocycles. The van der Waals surface area contributed by atoms with Gasteiger partial charge in [-0.1, -0.05) is 6.58 Å². The fourth-order valence-corrected chi connectivity index (χ4v) is 1.70. The van der Waals surface area contributed by atoms with Crippen molar-refractivity contribution in [3.05, 3.63) is 12.7 Å². The molecular weight excluding hydrogens is 166 g/mol. The van der Waals surface area contributed by atoms with Gasteiger partial charge in [-0.05, 0) is 32.9 Å². The zero-order valence-corrected chi connectivity index (χ0v) is 8.16. The molecule has 0 aromatic heterocycles. The second kappa shape index (κ2) is 5.02. The third kappa shape index (κ3) is 3.19. The third-order valence-electron chi connectivity index (χ3n) is 2.53. The van der Waals surface area contributed by atoms with E-state index in [9.17, 15) is 4.79 Å². The molecule has 1 atom stereocenters. The minimum Gasteiger partial charge on any atom is -0.462 e. The first-order valence-electron chi connectivity index (χ1n) is 4.73. The number of rotatable bonds is 4. The summed E-state index contributed by atoms with van der Waals surface area (Å²) in [6.45, 7) is 5.02. The lowest BCUT2D eigenvalue weighted by atomic mass is 10.1. The van der Waals surface area contributed by atoms with Crippen LogP contribution >= 0.6 is 0 Å². The van der Waals surface area contributed by atoms with Crippen molar-refractivity contribution in [1.82, 2.24) is 4.90 Å². The number of carbonyl (C=O) groups is 1. The Morgan fingerprint density at radius 2 is 2.54 bits per heavy atom. The summed E-state index contributed by atoms with van der Waals surface area (Å²) < 4.78 is 4.92. The molecular formula is C10H17NO2. The Balaban J connectivity index is 2.11. The highest BCUT2D eigenvalue weighted by Gasteiger charge is 2.20. The molecule has 0 spiro atoms. The van der Waals surface area contributed by atoms with Crippen molar-refractivity contribution >= 4 is 5.97 Å². The molecule has 1 saturated heterocycles. The van der Waals surface area contributed by atoms with E-state index in [1.807, 2.05) is 0 Å². The number of hydrogen-bond donors (Lipinski definition) is 0. The quantitative estimate of drug-likeness (QED) is 0.484. The molecule has 3 nitrogen and oxygen atoms in total. The Labute approximate surface area is 79.4 Å². The van der Waals surface area contributed by atoms with Gasteiger partial charge in [0.15, 0.2) is 0 Å². The molecule has 1 aliphatic rings. The Morgan fingerprint density at radius 3 is 3.08 bits per heavy atom. The van der Waals surface area contributed by atoms with Gasteiger partial charge in [-0.3, -0.25) is 0 Å². The minimum absolute atomic E-state index is 0.319. The lowest BCUT2D eigenvalue weighted by Gasteiger charge is -2.18. The van der Waals surface area contributed by atoms with Crippen molar-refractivity contribution in [2.24, 2.45) is 0 Å². The second-order valence-electron chi connectivity index (χ2n) is 3.44. The highest BCUT2D eigenvalue weighted by atomic mass is 16.5. The summed E-state index contributed by atoms with van der Waals surface area (Å²) in [5.74, 6) is -0.319. The van der Waals surface area contributed by atoms with E-state index in [0.717, 1.165) is 6.42 Å². The van der Waals surface area contributed by atoms with Gasteiger partial charge in [-0.2, -0.15) is 0 Å². The molecule has 3 heteroatoms. The van der Waals surface area contributed by atoms with Gasteiger partial charge in [0, 0.05) is 12.1 Å². The SMILES string of the molecule is C=CC(=O)OCCC1CCCN1C. The van der Waals surface area contributed by atoms with E-state index in [0.29, 0.717) is 12.6 Å². The van der Waals surface area contributed by atoms with Crippen molar-refractivity contribution in [2.45, 2.75) is 25.3 Å². The molecule has 0 radical (unpaired) electrons. The van der Waals surface area contributed by atoms with E-state index >= 15 is 0 Å². The van der Waals surface area contributed by atoms with Crippen LogP contribution in [0.2, 0.25) is 0 Å². The van der Waals surface area contributed by atoms with Gasteiger partial charge < -0.3 is 9.64 Å². The van der Waals surface area contributed by atoms with Crippen molar-refractivity contribution in [1.29, 1.82) is 0 Å². The van der Waals surface area contributed by atoms with Crippen LogP contribution in [0, 0.1) is 0 Å². The fraction of sp³-hybridized carbons (Fsp3) is 0.700. The van der Waals surface area contributed by atoms with Gasteiger partial charge in [0.05, 0.1) is 6.61 Å². The maximum absolute atomic E-state index is 10.7. The number of ether oxygens (including phenoxy) is 1. The van der Waals surface area contributed by atoms with Crippen LogP contribution in [0.5, 0.6) is 0 Å². The standard InChI is InChI=1S/C10H17NO2/c1-3-10(12)13-8-6-9-5-4-7-11(9)2/h3,9H,1,4-8H2,2H3. The summed E-state index contributed by atoms with van der Waals surface area (Å²) in [6.07, 6.45) is 4.63. The van der Waals surface area contributed by atoms with Gasteiger partial charge in [0.1, 0.15) is 0 Å². The van der Waals surface area contributed by atoms with Crippen LogP contribution in [-0.4, -0.2) is 37.1 Å². The summed E-state index contributed by atoms with van der Waals surface area (Å²) >= 11 is 0. The maximum atomic E-state index is 10.7. The number of esters is 1. The molecule has 0 bridgehead atoms. The smallest absolute Gasteiger partial charge is 0.330 e. The van der Waals surface area contributed by atoms with Crippen LogP contribution < -0.4 is 0 Å². The van der Waals surface area contributed by atoms with E-state index in [2.05, 4.69) is 18.5 Å². The van der Waals surface area contributed by atoms with Crippen molar-refractivity contribution in [3.63, 3.8) is 0 Å². The predicted octanol–water partition coefficient (Wildman–Crippen LogP) is 1.20. The number of likely N-dealkylation sites (tertiary alicyclic amines) is 1. The molecule has 1 aliphatic heterocycles. The topological polar surface area (TPSA) is 29.5 Å². The van der Waals surface area contributed by atoms with Crippen LogP contribution in [0.3, 0.4) is 0 Å². The molecule has 1 heterocycles. The van der Waals surface area contributed by atoms with E-state index in [-0.39, 0.29) is 5.97 Å². The van der Waals surface area contributed by atoms with E-state index in [1.165, 1.54) is 25.5 Å². The molecule has 13 heavy (non-hydrogen) atoms. The lowest BCUT2D eigenvalue weighted by Crippen LogP contribution is -2.26. The molecule has 0 aromatic carbocycles. The molecule has 1 rings (SSSR count). The van der Waals surface area contributed by atoms with Crippen LogP contribution in [-0.2, 0) is 9.53 Å². The van der Waals surface area contributed by atoms with Gasteiger partial charge in [0.25, 0.3) is 0 Å². The molecule has 1 fully saturated rings. The highest BCUT2D eigenvalue weighted by Crippen LogP contribution is 2.17. The van der Waals surface area contributed by atoms with E-state index < -0.39 is 0 Å². The van der Waals surface area contributed by atoms with Crippen molar-refractivity contribution < 1.29 is 9.53 Å². The predicted molar refractivity (Wildman–Crippen MR) is 51.4 cm³/mol. The van der Waals surface area contributed by atoms with Gasteiger partial charge in [0.2, 0.25) is 0 Å². The third-order valence-corrected chi connectivity index (χ3v) is 2.53. The molecule has 0 N–H and O–H groups in total. The molecule has 0 amide bonds. The molecule has 0 aromatic rings. The molecule has 0 saturated carbocycles. The van der Waals surface area contributed by atoms with Crippen LogP contribution in [0.4, 0.5) is 0 Å². The zero-order valence-electron chi connectivity index (χ0n) is 8.16. The summed E-state index contributed by atoms with van der Waals surface area (Å²) in [4.78, 5) is 13.0. The number of carbonyl (C=O) groups excluding carboxylic acids is 1. The zero-order chi connectivity index (χ0) is 9.68. The first kappa shape index (κ1) is 10.3. The van der Waals surface area contributed by atoms with Crippen LogP contribution in [0.25, 0.3) is 0 Å². The van der Waals surface area contributed by atoms with Crippen molar-refractivity contribution in [3.8, 4) is 0 Å². The fourth-order valence-electron chi connectivity index (χ4n) is 1.70. The number of hydrogen-bond acceptors (Lipinski definition) is 3. The second-order valence-corrected chi connectivity index (χ2v) is 3.44. The Bertz CT molecular complexity index is 191. The van der Waals surface area contributed by atoms with Gasteiger partial charge >= 0.3 is 5.97 Å². The number of nitrogens with zero attached hydrogens (tertiary/aromatic N) is 1. The van der Waals surface area contributed by atoms with E-state index in [4.69, 9.17) is 4.74 Å². The molecule has 1 unspecified atom stereocenters. The van der Waals surface area contributed by atoms with Gasteiger partial charge in [-0.25, -0.2) is 4.79 Å². The Hall–Kier alpha value is -0.830. The first-order chi connectivity index (χ1) is 6.24. The lowest BCUT2D eigenvalue weighted by molar-refractivity contribution is -0.138. The maximum Gasteiger partial charge on any atom is 0.330 e. The highest BCUT2D eigenvalue weighted by molar-refractivity contribution is 5.81. The monoisotopic (exact) mass is 183 g/mol. The van der Waals surface area contributed by atoms with Crippen LogP contribution in [0.1, 0.15) is 19.3 Å². The van der Waals surface area contributed by atoms with Gasteiger partial charge in [-0.15, -0.1) is 0 Å². The average molecular weight is 183 g/mol. The largest absolute Gasteiger partial charge is 0.462 e. The molecule has 74 valence electrons. The summed E-state index contributed by atoms with van der Waals surface area (Å²) in [5, 5.41) is 0. The van der Waals surface area contributed by atoms with Crippen molar-refractivity contribution in [2.75, 3.05) is 20.2 Å². The normalized spacial score (nSPS) is 23.0. The Morgan fingerprint density at radius 1 is 1.77 bits per heavy atom. The summed E-state index contributed by atoms with van der Waals surface area (Å²) in [7, 11) is 2.12.